The first kappa shape index (κ1) is 16.6. The second-order valence-electron chi connectivity index (χ2n) is 5.41. The van der Waals surface area contributed by atoms with Crippen molar-refractivity contribution in [2.24, 2.45) is 0 Å². The Morgan fingerprint density at radius 2 is 1.85 bits per heavy atom. The Balaban J connectivity index is 1.48. The smallest absolute Gasteiger partial charge is 0.246 e. The van der Waals surface area contributed by atoms with Gasteiger partial charge in [0.2, 0.25) is 11.7 Å². The van der Waals surface area contributed by atoms with Crippen molar-refractivity contribution in [2.45, 2.75) is 6.54 Å². The SMILES string of the molecule is Clc1ccccc1Oc1ccccc1NCc1nc(-c2ccsc2)no1. The number of hydrogen-bond acceptors (Lipinski definition) is 6. The molecule has 0 aliphatic heterocycles. The molecule has 2 aromatic carbocycles. The third-order valence-corrected chi connectivity index (χ3v) is 4.62. The van der Waals surface area contributed by atoms with Crippen LogP contribution in [0.1, 0.15) is 5.89 Å². The van der Waals surface area contributed by atoms with E-state index in [9.17, 15) is 0 Å². The fourth-order valence-electron chi connectivity index (χ4n) is 2.35. The minimum atomic E-state index is 0.389. The second kappa shape index (κ2) is 7.59. The minimum absolute atomic E-state index is 0.389. The van der Waals surface area contributed by atoms with Crippen LogP contribution in [-0.4, -0.2) is 10.1 Å². The lowest BCUT2D eigenvalue weighted by Gasteiger charge is -2.12. The maximum Gasteiger partial charge on any atom is 0.246 e. The zero-order valence-electron chi connectivity index (χ0n) is 13.6. The number of nitrogens with one attached hydrogen (secondary N) is 1. The van der Waals surface area contributed by atoms with Crippen molar-refractivity contribution >= 4 is 28.6 Å². The molecular formula is C19H14ClN3O2S. The molecule has 4 aromatic rings. The average Bonchev–Trinajstić information content (AvgIpc) is 3.34. The number of anilines is 1. The summed E-state index contributed by atoms with van der Waals surface area (Å²) >= 11 is 7.77. The van der Waals surface area contributed by atoms with E-state index in [1.54, 1.807) is 17.4 Å². The van der Waals surface area contributed by atoms with Crippen molar-refractivity contribution in [1.82, 2.24) is 10.1 Å². The fourth-order valence-corrected chi connectivity index (χ4v) is 3.16. The zero-order valence-corrected chi connectivity index (χ0v) is 15.1. The molecule has 0 radical (unpaired) electrons. The molecule has 4 rings (SSSR count). The molecule has 1 N–H and O–H groups in total. The van der Waals surface area contributed by atoms with Gasteiger partial charge in [-0.15, -0.1) is 0 Å². The van der Waals surface area contributed by atoms with Crippen LogP contribution in [0.4, 0.5) is 5.69 Å². The summed E-state index contributed by atoms with van der Waals surface area (Å²) in [5, 5.41) is 11.8. The van der Waals surface area contributed by atoms with Gasteiger partial charge in [-0.2, -0.15) is 16.3 Å². The van der Waals surface area contributed by atoms with Gasteiger partial charge < -0.3 is 14.6 Å². The van der Waals surface area contributed by atoms with Crippen LogP contribution in [0.3, 0.4) is 0 Å². The maximum absolute atomic E-state index is 6.17. The van der Waals surface area contributed by atoms with Gasteiger partial charge in [0.05, 0.1) is 17.3 Å². The number of thiophene rings is 1. The Morgan fingerprint density at radius 3 is 2.65 bits per heavy atom. The van der Waals surface area contributed by atoms with Crippen LogP contribution in [0, 0.1) is 0 Å². The van der Waals surface area contributed by atoms with Crippen molar-refractivity contribution in [3.8, 4) is 22.9 Å². The lowest BCUT2D eigenvalue weighted by atomic mass is 10.3. The van der Waals surface area contributed by atoms with Gasteiger partial charge in [-0.1, -0.05) is 41.0 Å². The van der Waals surface area contributed by atoms with Gasteiger partial charge in [-0.25, -0.2) is 0 Å². The van der Waals surface area contributed by atoms with E-state index in [1.807, 2.05) is 59.3 Å². The van der Waals surface area contributed by atoms with Gasteiger partial charge in [0.1, 0.15) is 5.75 Å². The molecule has 0 unspecified atom stereocenters. The predicted octanol–water partition coefficient (Wildman–Crippen LogP) is 5.86. The van der Waals surface area contributed by atoms with Crippen LogP contribution in [0.2, 0.25) is 5.02 Å². The average molecular weight is 384 g/mol. The highest BCUT2D eigenvalue weighted by atomic mass is 35.5. The summed E-state index contributed by atoms with van der Waals surface area (Å²) < 4.78 is 11.2. The van der Waals surface area contributed by atoms with Gasteiger partial charge in [-0.05, 0) is 35.7 Å². The highest BCUT2D eigenvalue weighted by molar-refractivity contribution is 7.08. The fraction of sp³-hybridized carbons (Fsp3) is 0.0526. The minimum Gasteiger partial charge on any atom is -0.454 e. The molecule has 0 bridgehead atoms. The normalized spacial score (nSPS) is 10.7. The number of hydrogen-bond donors (Lipinski definition) is 1. The Bertz CT molecular complexity index is 1000. The van der Waals surface area contributed by atoms with E-state index in [4.69, 9.17) is 20.9 Å². The molecule has 2 heterocycles. The summed E-state index contributed by atoms with van der Waals surface area (Å²) in [5.74, 6) is 2.35. The van der Waals surface area contributed by atoms with Crippen molar-refractivity contribution in [1.29, 1.82) is 0 Å². The molecule has 26 heavy (non-hydrogen) atoms. The van der Waals surface area contributed by atoms with Crippen LogP contribution < -0.4 is 10.1 Å². The van der Waals surface area contributed by atoms with Crippen LogP contribution >= 0.6 is 22.9 Å². The predicted molar refractivity (Wildman–Crippen MR) is 103 cm³/mol. The number of halogens is 1. The third kappa shape index (κ3) is 3.71. The van der Waals surface area contributed by atoms with Crippen molar-refractivity contribution < 1.29 is 9.26 Å². The van der Waals surface area contributed by atoms with E-state index in [2.05, 4.69) is 15.5 Å². The molecular weight excluding hydrogens is 370 g/mol. The Hall–Kier alpha value is -2.83. The number of rotatable bonds is 6. The number of ether oxygens (including phenoxy) is 1. The van der Waals surface area contributed by atoms with Gasteiger partial charge >= 0.3 is 0 Å². The molecule has 0 saturated carbocycles. The number of benzene rings is 2. The first-order valence-electron chi connectivity index (χ1n) is 7.90. The van der Waals surface area contributed by atoms with E-state index in [1.165, 1.54) is 0 Å². The molecule has 0 aliphatic rings. The Morgan fingerprint density at radius 1 is 1.04 bits per heavy atom. The molecule has 7 heteroatoms. The van der Waals surface area contributed by atoms with E-state index in [-0.39, 0.29) is 0 Å². The summed E-state index contributed by atoms with van der Waals surface area (Å²) in [7, 11) is 0. The second-order valence-corrected chi connectivity index (χ2v) is 6.59. The summed E-state index contributed by atoms with van der Waals surface area (Å²) in [5.41, 5.74) is 1.76. The molecule has 0 spiro atoms. The first-order chi connectivity index (χ1) is 12.8. The largest absolute Gasteiger partial charge is 0.454 e. The first-order valence-corrected chi connectivity index (χ1v) is 9.22. The Kier molecular flexibility index (Phi) is 4.86. The van der Waals surface area contributed by atoms with Gasteiger partial charge in [-0.3, -0.25) is 0 Å². The van der Waals surface area contributed by atoms with Gasteiger partial charge in [0, 0.05) is 10.9 Å². The zero-order chi connectivity index (χ0) is 17.8. The van der Waals surface area contributed by atoms with E-state index in [0.29, 0.717) is 34.8 Å². The third-order valence-electron chi connectivity index (χ3n) is 3.62. The summed E-state index contributed by atoms with van der Waals surface area (Å²) in [6.07, 6.45) is 0. The highest BCUT2D eigenvalue weighted by Crippen LogP contribution is 2.33. The quantitative estimate of drug-likeness (QED) is 0.452. The lowest BCUT2D eigenvalue weighted by molar-refractivity contribution is 0.384. The number of para-hydroxylation sites is 3. The molecule has 0 saturated heterocycles. The van der Waals surface area contributed by atoms with E-state index < -0.39 is 0 Å². The molecule has 0 fully saturated rings. The van der Waals surface area contributed by atoms with Gasteiger partial charge in [0.15, 0.2) is 5.75 Å². The topological polar surface area (TPSA) is 60.2 Å². The van der Waals surface area contributed by atoms with Crippen molar-refractivity contribution in [3.63, 3.8) is 0 Å². The maximum atomic E-state index is 6.17. The van der Waals surface area contributed by atoms with Crippen LogP contribution in [0.15, 0.2) is 69.9 Å². The molecule has 0 aliphatic carbocycles. The molecule has 5 nitrogen and oxygen atoms in total. The molecule has 2 aromatic heterocycles. The lowest BCUT2D eigenvalue weighted by Crippen LogP contribution is -2.01. The van der Waals surface area contributed by atoms with Crippen LogP contribution in [0.5, 0.6) is 11.5 Å². The monoisotopic (exact) mass is 383 g/mol. The van der Waals surface area contributed by atoms with E-state index >= 15 is 0 Å². The summed E-state index contributed by atoms with van der Waals surface area (Å²) in [4.78, 5) is 4.40. The van der Waals surface area contributed by atoms with Gasteiger partial charge in [0.25, 0.3) is 0 Å². The number of nitrogens with zero attached hydrogens (tertiary/aromatic N) is 2. The standard InChI is InChI=1S/C19H14ClN3O2S/c20-14-5-1-3-7-16(14)24-17-8-4-2-6-15(17)21-11-18-22-19(23-25-18)13-9-10-26-12-13/h1-10,12,21H,11H2. The molecule has 130 valence electrons. The molecule has 0 atom stereocenters. The summed E-state index contributed by atoms with van der Waals surface area (Å²) in [6, 6.07) is 16.9. The van der Waals surface area contributed by atoms with Crippen molar-refractivity contribution in [2.75, 3.05) is 5.32 Å². The highest BCUT2D eigenvalue weighted by Gasteiger charge is 2.11. The summed E-state index contributed by atoms with van der Waals surface area (Å²) in [6.45, 7) is 0.389. The number of aromatic nitrogens is 2. The molecule has 0 amide bonds. The Labute approximate surface area is 159 Å². The van der Waals surface area contributed by atoms with Crippen LogP contribution in [-0.2, 0) is 6.54 Å². The van der Waals surface area contributed by atoms with Crippen LogP contribution in [0.25, 0.3) is 11.4 Å². The van der Waals surface area contributed by atoms with Crippen molar-refractivity contribution in [3.05, 3.63) is 76.3 Å². The van der Waals surface area contributed by atoms with E-state index in [0.717, 1.165) is 11.3 Å².